The van der Waals surface area contributed by atoms with Gasteiger partial charge < -0.3 is 5.73 Å². The van der Waals surface area contributed by atoms with E-state index in [1.165, 1.54) is 16.7 Å². The van der Waals surface area contributed by atoms with Crippen molar-refractivity contribution in [2.45, 2.75) is 19.8 Å². The normalized spacial score (nSPS) is 10.5. The fraction of sp³-hybridized carbons (Fsp3) is 0.200. The quantitative estimate of drug-likeness (QED) is 0.845. The molecule has 0 saturated carbocycles. The van der Waals surface area contributed by atoms with Crippen LogP contribution in [0.5, 0.6) is 0 Å². The Morgan fingerprint density at radius 2 is 1.71 bits per heavy atom. The third kappa shape index (κ3) is 3.34. The summed E-state index contributed by atoms with van der Waals surface area (Å²) < 4.78 is 1.12. The summed E-state index contributed by atoms with van der Waals surface area (Å²) in [6.45, 7) is 2.10. The first-order valence-electron chi connectivity index (χ1n) is 5.74. The number of rotatable bonds is 3. The lowest BCUT2D eigenvalue weighted by Gasteiger charge is -2.07. The molecule has 1 nitrogen and oxygen atoms in total. The first-order valence-corrected chi connectivity index (χ1v) is 6.54. The molecule has 0 fully saturated rings. The van der Waals surface area contributed by atoms with Crippen LogP contribution in [0.15, 0.2) is 46.9 Å². The summed E-state index contributed by atoms with van der Waals surface area (Å²) in [4.78, 5) is 0. The zero-order chi connectivity index (χ0) is 12.3. The Morgan fingerprint density at radius 1 is 1.00 bits per heavy atom. The molecule has 2 rings (SSSR count). The highest BCUT2D eigenvalue weighted by Gasteiger charge is 2.00. The first kappa shape index (κ1) is 12.2. The van der Waals surface area contributed by atoms with Gasteiger partial charge in [-0.3, -0.25) is 0 Å². The number of benzene rings is 2. The maximum Gasteiger partial charge on any atom is 0.0346 e. The van der Waals surface area contributed by atoms with Gasteiger partial charge in [-0.25, -0.2) is 0 Å². The lowest BCUT2D eigenvalue weighted by molar-refractivity contribution is 0.960. The number of hydrogen-bond donors (Lipinski definition) is 1. The van der Waals surface area contributed by atoms with E-state index in [0.29, 0.717) is 0 Å². The van der Waals surface area contributed by atoms with Crippen LogP contribution in [0.25, 0.3) is 0 Å². The Hall–Kier alpha value is -1.28. The van der Waals surface area contributed by atoms with Gasteiger partial charge in [-0.05, 0) is 49.1 Å². The van der Waals surface area contributed by atoms with Crippen molar-refractivity contribution in [2.75, 3.05) is 5.73 Å². The van der Waals surface area contributed by atoms with Gasteiger partial charge in [0.05, 0.1) is 0 Å². The smallest absolute Gasteiger partial charge is 0.0346 e. The van der Waals surface area contributed by atoms with Gasteiger partial charge in [-0.2, -0.15) is 0 Å². The van der Waals surface area contributed by atoms with Crippen LogP contribution >= 0.6 is 15.9 Å². The summed E-state index contributed by atoms with van der Waals surface area (Å²) in [5, 5.41) is 0. The van der Waals surface area contributed by atoms with E-state index < -0.39 is 0 Å². The molecule has 0 heterocycles. The molecule has 0 radical (unpaired) electrons. The van der Waals surface area contributed by atoms with Crippen LogP contribution in [-0.2, 0) is 12.8 Å². The van der Waals surface area contributed by atoms with Crippen LogP contribution in [0.4, 0.5) is 5.69 Å². The van der Waals surface area contributed by atoms with Gasteiger partial charge in [0.1, 0.15) is 0 Å². The minimum atomic E-state index is 0.896. The van der Waals surface area contributed by atoms with Crippen LogP contribution < -0.4 is 5.73 Å². The minimum absolute atomic E-state index is 0.896. The number of hydrogen-bond acceptors (Lipinski definition) is 1. The maximum absolute atomic E-state index is 5.97. The van der Waals surface area contributed by atoms with E-state index in [1.54, 1.807) is 0 Å². The zero-order valence-electron chi connectivity index (χ0n) is 9.91. The first-order chi connectivity index (χ1) is 8.15. The largest absolute Gasteiger partial charge is 0.399 e. The van der Waals surface area contributed by atoms with E-state index in [9.17, 15) is 0 Å². The molecule has 17 heavy (non-hydrogen) atoms. The van der Waals surface area contributed by atoms with E-state index in [0.717, 1.165) is 23.0 Å². The summed E-state index contributed by atoms with van der Waals surface area (Å²) in [5.41, 5.74) is 10.7. The molecule has 0 aromatic heterocycles. The molecule has 0 saturated heterocycles. The zero-order valence-corrected chi connectivity index (χ0v) is 11.5. The van der Waals surface area contributed by atoms with Gasteiger partial charge in [0.15, 0.2) is 0 Å². The summed E-state index contributed by atoms with van der Waals surface area (Å²) >= 11 is 3.44. The van der Waals surface area contributed by atoms with Crippen LogP contribution in [0.1, 0.15) is 16.7 Å². The van der Waals surface area contributed by atoms with Crippen molar-refractivity contribution >= 4 is 21.6 Å². The van der Waals surface area contributed by atoms with E-state index in [1.807, 2.05) is 6.07 Å². The second kappa shape index (κ2) is 5.37. The van der Waals surface area contributed by atoms with Gasteiger partial charge in [-0.15, -0.1) is 0 Å². The maximum atomic E-state index is 5.97. The topological polar surface area (TPSA) is 26.0 Å². The Balaban J connectivity index is 2.07. The van der Waals surface area contributed by atoms with Crippen LogP contribution in [0, 0.1) is 6.92 Å². The Labute approximate surface area is 111 Å². The summed E-state index contributed by atoms with van der Waals surface area (Å²) in [6.07, 6.45) is 2.02. The predicted octanol–water partition coefficient (Wildman–Crippen LogP) is 4.12. The molecular formula is C15H16BrN. The Kier molecular flexibility index (Phi) is 3.85. The third-order valence-corrected chi connectivity index (χ3v) is 3.42. The molecule has 2 heteroatoms. The number of nitrogens with two attached hydrogens (primary N) is 1. The van der Waals surface area contributed by atoms with Gasteiger partial charge in [-0.1, -0.05) is 45.8 Å². The highest BCUT2D eigenvalue weighted by Crippen LogP contribution is 2.17. The van der Waals surface area contributed by atoms with Crippen LogP contribution in [0.3, 0.4) is 0 Å². The molecule has 0 aliphatic rings. The lowest BCUT2D eigenvalue weighted by atomic mass is 10.0. The minimum Gasteiger partial charge on any atom is -0.399 e. The molecule has 2 N–H and O–H groups in total. The van der Waals surface area contributed by atoms with Gasteiger partial charge in [0.25, 0.3) is 0 Å². The van der Waals surface area contributed by atoms with E-state index in [-0.39, 0.29) is 0 Å². The van der Waals surface area contributed by atoms with Gasteiger partial charge in [0, 0.05) is 10.2 Å². The fourth-order valence-electron chi connectivity index (χ4n) is 1.88. The molecule has 88 valence electrons. The highest BCUT2D eigenvalue weighted by atomic mass is 79.9. The summed E-state index contributed by atoms with van der Waals surface area (Å²) in [5.74, 6) is 0. The van der Waals surface area contributed by atoms with Crippen molar-refractivity contribution in [1.29, 1.82) is 0 Å². The van der Waals surface area contributed by atoms with E-state index in [4.69, 9.17) is 5.73 Å². The van der Waals surface area contributed by atoms with E-state index in [2.05, 4.69) is 59.3 Å². The fourth-order valence-corrected chi connectivity index (χ4v) is 2.15. The Bertz CT molecular complexity index is 503. The monoisotopic (exact) mass is 289 g/mol. The molecule has 0 atom stereocenters. The number of anilines is 1. The van der Waals surface area contributed by atoms with Crippen LogP contribution in [0.2, 0.25) is 0 Å². The van der Waals surface area contributed by atoms with Gasteiger partial charge >= 0.3 is 0 Å². The number of nitrogen functional groups attached to an aromatic ring is 1. The average Bonchev–Trinajstić information content (AvgIpc) is 2.32. The Morgan fingerprint density at radius 3 is 2.41 bits per heavy atom. The number of aryl methyl sites for hydroxylation is 3. The average molecular weight is 290 g/mol. The van der Waals surface area contributed by atoms with Crippen molar-refractivity contribution in [2.24, 2.45) is 0 Å². The second-order valence-electron chi connectivity index (χ2n) is 4.33. The molecular weight excluding hydrogens is 274 g/mol. The molecule has 0 aliphatic carbocycles. The van der Waals surface area contributed by atoms with Crippen LogP contribution in [-0.4, -0.2) is 0 Å². The predicted molar refractivity (Wildman–Crippen MR) is 77.1 cm³/mol. The van der Waals surface area contributed by atoms with Crippen molar-refractivity contribution in [3.63, 3.8) is 0 Å². The standard InChI is InChI=1S/C15H16BrN/c1-11-2-9-15(17)13(10-11)6-3-12-4-7-14(16)8-5-12/h2,4-5,7-10H,3,6,17H2,1H3. The molecule has 0 amide bonds. The third-order valence-electron chi connectivity index (χ3n) is 2.89. The molecule has 0 spiro atoms. The molecule has 0 aliphatic heterocycles. The summed E-state index contributed by atoms with van der Waals surface area (Å²) in [6, 6.07) is 14.7. The lowest BCUT2D eigenvalue weighted by Crippen LogP contribution is -1.97. The summed E-state index contributed by atoms with van der Waals surface area (Å²) in [7, 11) is 0. The molecule has 0 bridgehead atoms. The van der Waals surface area contributed by atoms with Crippen molar-refractivity contribution in [3.8, 4) is 0 Å². The van der Waals surface area contributed by atoms with Crippen molar-refractivity contribution in [3.05, 3.63) is 63.6 Å². The van der Waals surface area contributed by atoms with Crippen molar-refractivity contribution < 1.29 is 0 Å². The van der Waals surface area contributed by atoms with Crippen molar-refractivity contribution in [1.82, 2.24) is 0 Å². The highest BCUT2D eigenvalue weighted by molar-refractivity contribution is 9.10. The van der Waals surface area contributed by atoms with E-state index >= 15 is 0 Å². The molecule has 0 unspecified atom stereocenters. The molecule has 2 aromatic carbocycles. The molecule has 2 aromatic rings. The van der Waals surface area contributed by atoms with Gasteiger partial charge in [0.2, 0.25) is 0 Å². The second-order valence-corrected chi connectivity index (χ2v) is 5.24. The number of halogens is 1. The SMILES string of the molecule is Cc1ccc(N)c(CCc2ccc(Br)cc2)c1.